The zero-order chi connectivity index (χ0) is 12.5. The Bertz CT molecular complexity index is 268. The lowest BCUT2D eigenvalue weighted by Crippen LogP contribution is -2.24. The maximum absolute atomic E-state index is 6.20. The number of hydrogen-bond acceptors (Lipinski definition) is 2. The molecule has 0 aromatic carbocycles. The fraction of sp³-hybridized carbons (Fsp3) is 0.733. The molecule has 0 aliphatic rings. The van der Waals surface area contributed by atoms with E-state index in [4.69, 9.17) is 10.2 Å². The third kappa shape index (κ3) is 5.92. The third-order valence-electron chi connectivity index (χ3n) is 3.52. The van der Waals surface area contributed by atoms with Crippen molar-refractivity contribution in [2.24, 2.45) is 11.7 Å². The highest BCUT2D eigenvalue weighted by atomic mass is 16.3. The Labute approximate surface area is 106 Å². The summed E-state index contributed by atoms with van der Waals surface area (Å²) in [5.74, 6) is 1.86. The summed E-state index contributed by atoms with van der Waals surface area (Å²) in [7, 11) is 0. The van der Waals surface area contributed by atoms with Gasteiger partial charge in [-0.2, -0.15) is 0 Å². The third-order valence-corrected chi connectivity index (χ3v) is 3.52. The van der Waals surface area contributed by atoms with Gasteiger partial charge in [0, 0.05) is 12.5 Å². The topological polar surface area (TPSA) is 39.2 Å². The molecule has 0 saturated carbocycles. The van der Waals surface area contributed by atoms with E-state index >= 15 is 0 Å². The van der Waals surface area contributed by atoms with Crippen LogP contribution < -0.4 is 5.73 Å². The molecule has 98 valence electrons. The number of hydrogen-bond donors (Lipinski definition) is 1. The van der Waals surface area contributed by atoms with E-state index in [9.17, 15) is 0 Å². The first kappa shape index (κ1) is 14.3. The molecule has 1 aromatic rings. The van der Waals surface area contributed by atoms with Crippen LogP contribution in [-0.4, -0.2) is 6.04 Å². The molecule has 1 aromatic heterocycles. The molecule has 0 amide bonds. The molecular weight excluding hydrogens is 210 g/mol. The van der Waals surface area contributed by atoms with E-state index in [0.717, 1.165) is 30.9 Å². The van der Waals surface area contributed by atoms with E-state index in [2.05, 4.69) is 13.8 Å². The average Bonchev–Trinajstić information content (AvgIpc) is 2.85. The van der Waals surface area contributed by atoms with Crippen LogP contribution in [-0.2, 0) is 6.42 Å². The normalized spacial score (nSPS) is 14.8. The minimum Gasteiger partial charge on any atom is -0.469 e. The highest BCUT2D eigenvalue weighted by Crippen LogP contribution is 2.19. The summed E-state index contributed by atoms with van der Waals surface area (Å²) >= 11 is 0. The van der Waals surface area contributed by atoms with Crippen LogP contribution in [0.3, 0.4) is 0 Å². The van der Waals surface area contributed by atoms with Crippen molar-refractivity contribution >= 4 is 0 Å². The van der Waals surface area contributed by atoms with Crippen LogP contribution >= 0.6 is 0 Å². The van der Waals surface area contributed by atoms with Gasteiger partial charge in [0.15, 0.2) is 0 Å². The Morgan fingerprint density at radius 2 is 2.12 bits per heavy atom. The largest absolute Gasteiger partial charge is 0.469 e. The van der Waals surface area contributed by atoms with Gasteiger partial charge >= 0.3 is 0 Å². The van der Waals surface area contributed by atoms with Gasteiger partial charge in [-0.15, -0.1) is 0 Å². The zero-order valence-corrected chi connectivity index (χ0v) is 11.3. The molecule has 0 fully saturated rings. The van der Waals surface area contributed by atoms with E-state index in [1.165, 1.54) is 25.7 Å². The molecule has 0 bridgehead atoms. The molecule has 1 heterocycles. The molecule has 2 N–H and O–H groups in total. The van der Waals surface area contributed by atoms with Gasteiger partial charge in [0.05, 0.1) is 6.26 Å². The summed E-state index contributed by atoms with van der Waals surface area (Å²) in [5, 5.41) is 0. The second kappa shape index (κ2) is 8.35. The second-order valence-corrected chi connectivity index (χ2v) is 5.03. The zero-order valence-electron chi connectivity index (χ0n) is 11.3. The molecule has 0 saturated heterocycles. The monoisotopic (exact) mass is 237 g/mol. The van der Waals surface area contributed by atoms with Gasteiger partial charge in [0.2, 0.25) is 0 Å². The van der Waals surface area contributed by atoms with Crippen LogP contribution in [0.2, 0.25) is 0 Å². The summed E-state index contributed by atoms with van der Waals surface area (Å²) in [6, 6.07) is 4.29. The van der Waals surface area contributed by atoms with Crippen LogP contribution in [0.5, 0.6) is 0 Å². The van der Waals surface area contributed by atoms with E-state index in [1.54, 1.807) is 6.26 Å². The van der Waals surface area contributed by atoms with Gasteiger partial charge in [-0.3, -0.25) is 0 Å². The van der Waals surface area contributed by atoms with Crippen molar-refractivity contribution in [2.75, 3.05) is 0 Å². The Kier molecular flexibility index (Phi) is 7.02. The van der Waals surface area contributed by atoms with Crippen molar-refractivity contribution in [2.45, 2.75) is 64.8 Å². The lowest BCUT2D eigenvalue weighted by Gasteiger charge is -2.19. The maximum atomic E-state index is 6.20. The molecule has 2 unspecified atom stereocenters. The summed E-state index contributed by atoms with van der Waals surface area (Å²) in [6.45, 7) is 4.53. The van der Waals surface area contributed by atoms with Crippen LogP contribution in [0.1, 0.15) is 58.1 Å². The van der Waals surface area contributed by atoms with Crippen molar-refractivity contribution in [1.29, 1.82) is 0 Å². The van der Waals surface area contributed by atoms with Crippen LogP contribution in [0.4, 0.5) is 0 Å². The lowest BCUT2D eigenvalue weighted by atomic mass is 9.90. The molecule has 0 radical (unpaired) electrons. The Morgan fingerprint density at radius 1 is 1.29 bits per heavy atom. The predicted molar refractivity (Wildman–Crippen MR) is 72.9 cm³/mol. The first-order valence-corrected chi connectivity index (χ1v) is 7.04. The quantitative estimate of drug-likeness (QED) is 0.701. The van der Waals surface area contributed by atoms with Crippen LogP contribution in [0, 0.1) is 5.92 Å². The van der Waals surface area contributed by atoms with E-state index in [-0.39, 0.29) is 0 Å². The first-order valence-electron chi connectivity index (χ1n) is 7.04. The Balaban J connectivity index is 2.20. The molecule has 1 rings (SSSR count). The summed E-state index contributed by atoms with van der Waals surface area (Å²) in [5.41, 5.74) is 6.20. The van der Waals surface area contributed by atoms with Crippen LogP contribution in [0.15, 0.2) is 22.8 Å². The number of furan rings is 1. The summed E-state index contributed by atoms with van der Waals surface area (Å²) in [6.07, 6.45) is 10.1. The molecule has 0 aliphatic carbocycles. The fourth-order valence-electron chi connectivity index (χ4n) is 2.31. The Morgan fingerprint density at radius 3 is 2.71 bits per heavy atom. The summed E-state index contributed by atoms with van der Waals surface area (Å²) < 4.78 is 5.32. The van der Waals surface area contributed by atoms with Gasteiger partial charge < -0.3 is 10.2 Å². The van der Waals surface area contributed by atoms with Crippen molar-refractivity contribution < 1.29 is 4.42 Å². The summed E-state index contributed by atoms with van der Waals surface area (Å²) in [4.78, 5) is 0. The maximum Gasteiger partial charge on any atom is 0.103 e. The fourth-order valence-corrected chi connectivity index (χ4v) is 2.31. The second-order valence-electron chi connectivity index (χ2n) is 5.03. The standard InChI is InChI=1S/C15H27NO/c1-3-5-7-13(4-2)12-14(16)9-10-15-8-6-11-17-15/h6,8,11,13-14H,3-5,7,9-10,12,16H2,1-2H3. The number of rotatable bonds is 9. The smallest absolute Gasteiger partial charge is 0.103 e. The predicted octanol–water partition coefficient (Wildman–Crippen LogP) is 4.15. The molecule has 2 nitrogen and oxygen atoms in total. The van der Waals surface area contributed by atoms with Crippen molar-refractivity contribution in [3.63, 3.8) is 0 Å². The molecule has 2 atom stereocenters. The van der Waals surface area contributed by atoms with Crippen molar-refractivity contribution in [3.05, 3.63) is 24.2 Å². The Hall–Kier alpha value is -0.760. The minimum atomic E-state index is 0.321. The molecule has 0 spiro atoms. The van der Waals surface area contributed by atoms with Gasteiger partial charge in [-0.05, 0) is 30.9 Å². The van der Waals surface area contributed by atoms with Gasteiger partial charge in [-0.1, -0.05) is 39.5 Å². The van der Waals surface area contributed by atoms with Crippen molar-refractivity contribution in [3.8, 4) is 0 Å². The van der Waals surface area contributed by atoms with Crippen molar-refractivity contribution in [1.82, 2.24) is 0 Å². The highest BCUT2D eigenvalue weighted by Gasteiger charge is 2.12. The van der Waals surface area contributed by atoms with Gasteiger partial charge in [-0.25, -0.2) is 0 Å². The average molecular weight is 237 g/mol. The number of aryl methyl sites for hydroxylation is 1. The molecule has 2 heteroatoms. The van der Waals surface area contributed by atoms with Crippen LogP contribution in [0.25, 0.3) is 0 Å². The molecule has 17 heavy (non-hydrogen) atoms. The first-order chi connectivity index (χ1) is 8.26. The van der Waals surface area contributed by atoms with Gasteiger partial charge in [0.25, 0.3) is 0 Å². The SMILES string of the molecule is CCCCC(CC)CC(N)CCc1ccco1. The van der Waals surface area contributed by atoms with E-state index < -0.39 is 0 Å². The molecule has 0 aliphatic heterocycles. The van der Waals surface area contributed by atoms with Gasteiger partial charge in [0.1, 0.15) is 5.76 Å². The number of unbranched alkanes of at least 4 members (excludes halogenated alkanes) is 1. The molecular formula is C15H27NO. The van der Waals surface area contributed by atoms with E-state index in [0.29, 0.717) is 6.04 Å². The van der Waals surface area contributed by atoms with E-state index in [1.807, 2.05) is 12.1 Å². The lowest BCUT2D eigenvalue weighted by molar-refractivity contribution is 0.369. The number of nitrogens with two attached hydrogens (primary N) is 1. The highest BCUT2D eigenvalue weighted by molar-refractivity contribution is 4.98. The minimum absolute atomic E-state index is 0.321.